The Kier molecular flexibility index (Phi) is 2.92. The summed E-state index contributed by atoms with van der Waals surface area (Å²) in [7, 11) is 0. The number of hydrogen-bond donors (Lipinski definition) is 4. The molecule has 0 nitrogen and oxygen atoms in total. The van der Waals surface area contributed by atoms with E-state index in [4.69, 9.17) is 0 Å². The summed E-state index contributed by atoms with van der Waals surface area (Å²) < 4.78 is -1.06. The standard InChI is InChI=1S/C6H8S8/c7-14(8,9,10)4-3-13-6(14)5-11-1-2-12-5/h1-4,7-10H. The lowest BCUT2D eigenvalue weighted by molar-refractivity contribution is 2.36. The molecule has 0 amide bonds. The van der Waals surface area contributed by atoms with Crippen LogP contribution in [0.25, 0.3) is 0 Å². The number of thiol groups is 4. The Labute approximate surface area is 115 Å². The van der Waals surface area contributed by atoms with E-state index in [0.29, 0.717) is 0 Å². The van der Waals surface area contributed by atoms with Crippen molar-refractivity contribution in [2.24, 2.45) is 0 Å². The van der Waals surface area contributed by atoms with Crippen LogP contribution >= 0.6 is 86.4 Å². The third-order valence-electron chi connectivity index (χ3n) is 1.55. The van der Waals surface area contributed by atoms with Crippen LogP contribution in [0.4, 0.5) is 0 Å². The van der Waals surface area contributed by atoms with Gasteiger partial charge in [0.05, 0.1) is 8.47 Å². The second-order valence-electron chi connectivity index (χ2n) is 2.87. The van der Waals surface area contributed by atoms with Gasteiger partial charge in [-0.1, -0.05) is 39.7 Å². The highest BCUT2D eigenvalue weighted by molar-refractivity contribution is 9.77. The Bertz CT molecular complexity index is 369. The zero-order valence-electron chi connectivity index (χ0n) is 6.73. The number of thioether (sulfide) groups is 3. The molecule has 0 aromatic rings. The quantitative estimate of drug-likeness (QED) is 0.339. The Morgan fingerprint density at radius 3 is 1.86 bits per heavy atom. The molecule has 2 heterocycles. The van der Waals surface area contributed by atoms with Gasteiger partial charge in [0.15, 0.2) is 0 Å². The summed E-state index contributed by atoms with van der Waals surface area (Å²) in [4.78, 5) is 0. The molecule has 80 valence electrons. The van der Waals surface area contributed by atoms with E-state index in [1.807, 2.05) is 21.6 Å². The van der Waals surface area contributed by atoms with Gasteiger partial charge in [0.25, 0.3) is 0 Å². The van der Waals surface area contributed by atoms with Gasteiger partial charge in [-0.25, -0.2) is 0 Å². The fraction of sp³-hybridized carbons (Fsp3) is 0. The largest absolute Gasteiger partial charge is 0.113 e. The molecule has 8 heteroatoms. The number of rotatable bonds is 0. The molecule has 0 atom stereocenters. The van der Waals surface area contributed by atoms with E-state index < -0.39 is 4.42 Å². The first-order chi connectivity index (χ1) is 6.22. The lowest BCUT2D eigenvalue weighted by Gasteiger charge is -2.60. The maximum atomic E-state index is 4.62. The summed E-state index contributed by atoms with van der Waals surface area (Å²) in [5, 5.41) is 7.94. The predicted octanol–water partition coefficient (Wildman–Crippen LogP) is 5.54. The van der Waals surface area contributed by atoms with Crippen molar-refractivity contribution in [2.75, 3.05) is 0 Å². The van der Waals surface area contributed by atoms with Gasteiger partial charge >= 0.3 is 0 Å². The van der Waals surface area contributed by atoms with E-state index in [1.54, 1.807) is 35.3 Å². The van der Waals surface area contributed by atoms with Crippen LogP contribution in [0.5, 0.6) is 0 Å². The molecule has 0 spiro atoms. The lowest BCUT2D eigenvalue weighted by Crippen LogP contribution is -2.02. The van der Waals surface area contributed by atoms with Gasteiger partial charge in [-0.2, -0.15) is 0 Å². The molecule has 0 aromatic carbocycles. The average Bonchev–Trinajstić information content (AvgIpc) is 2.52. The topological polar surface area (TPSA) is 0 Å². The first kappa shape index (κ1) is 12.5. The predicted molar refractivity (Wildman–Crippen MR) is 91.6 cm³/mol. The third kappa shape index (κ3) is 2.32. The van der Waals surface area contributed by atoms with Crippen molar-refractivity contribution in [3.8, 4) is 0 Å². The minimum absolute atomic E-state index is 1.04. The monoisotopic (exact) mass is 336 g/mol. The molecular weight excluding hydrogens is 329 g/mol. The van der Waals surface area contributed by atoms with Crippen LogP contribution in [0.3, 0.4) is 0 Å². The van der Waals surface area contributed by atoms with Crippen LogP contribution in [-0.4, -0.2) is 0 Å². The van der Waals surface area contributed by atoms with Gasteiger partial charge in [0, 0.05) is 0 Å². The molecule has 0 fully saturated rings. The fourth-order valence-corrected chi connectivity index (χ4v) is 13.7. The highest BCUT2D eigenvalue weighted by atomic mass is 34.1. The maximum absolute atomic E-state index is 4.62. The van der Waals surface area contributed by atoms with Gasteiger partial charge in [-0.05, 0) is 21.6 Å². The molecule has 14 heavy (non-hydrogen) atoms. The summed E-state index contributed by atoms with van der Waals surface area (Å²) in [6.45, 7) is 0. The van der Waals surface area contributed by atoms with E-state index in [0.717, 1.165) is 4.24 Å². The van der Waals surface area contributed by atoms with E-state index in [1.165, 1.54) is 4.24 Å². The van der Waals surface area contributed by atoms with Crippen molar-refractivity contribution in [3.05, 3.63) is 30.1 Å². The first-order valence-corrected chi connectivity index (χ1v) is 12.8. The van der Waals surface area contributed by atoms with Crippen LogP contribution < -0.4 is 0 Å². The molecular formula is C6H8S8. The molecule has 0 N–H and O–H groups in total. The SMILES string of the molecule is SS1(S)(S)(S)C=CSC1=C1SC=CS1. The summed E-state index contributed by atoms with van der Waals surface area (Å²) in [5.41, 5.74) is 0. The van der Waals surface area contributed by atoms with E-state index >= 15 is 0 Å². The third-order valence-corrected chi connectivity index (χ3v) is 13.6. The van der Waals surface area contributed by atoms with Crippen LogP contribution in [0, 0.1) is 0 Å². The first-order valence-electron chi connectivity index (χ1n) is 3.41. The van der Waals surface area contributed by atoms with Crippen molar-refractivity contribution in [3.63, 3.8) is 0 Å². The van der Waals surface area contributed by atoms with Gasteiger partial charge in [-0.15, -0.1) is 46.6 Å². The second kappa shape index (κ2) is 3.28. The Morgan fingerprint density at radius 2 is 1.43 bits per heavy atom. The van der Waals surface area contributed by atoms with Crippen molar-refractivity contribution < 1.29 is 0 Å². The van der Waals surface area contributed by atoms with E-state index in [-0.39, 0.29) is 0 Å². The van der Waals surface area contributed by atoms with Crippen LogP contribution in [0.15, 0.2) is 30.1 Å². The minimum atomic E-state index is -3.28. The van der Waals surface area contributed by atoms with Gasteiger partial charge < -0.3 is 0 Å². The lowest BCUT2D eigenvalue weighted by atomic mass is 11.2. The highest BCUT2D eigenvalue weighted by Gasteiger charge is 2.53. The molecule has 0 saturated carbocycles. The Balaban J connectivity index is 2.56. The van der Waals surface area contributed by atoms with Crippen LogP contribution in [0.1, 0.15) is 0 Å². The molecule has 0 radical (unpaired) electrons. The van der Waals surface area contributed by atoms with E-state index in [9.17, 15) is 0 Å². The molecule has 2 aliphatic rings. The normalized spacial score (nSPS) is 36.3. The van der Waals surface area contributed by atoms with E-state index in [2.05, 4.69) is 46.6 Å². The Morgan fingerprint density at radius 1 is 0.857 bits per heavy atom. The van der Waals surface area contributed by atoms with Gasteiger partial charge in [0.1, 0.15) is 0 Å². The average molecular weight is 337 g/mol. The zero-order valence-corrected chi connectivity index (χ0v) is 13.6. The van der Waals surface area contributed by atoms with Crippen molar-refractivity contribution >= 4 is 86.4 Å². The Hall–Kier alpha value is 2.02. The molecule has 0 aliphatic carbocycles. The molecule has 0 saturated heterocycles. The molecule has 0 bridgehead atoms. The number of hydrogen-bond acceptors (Lipinski definition) is 7. The highest BCUT2D eigenvalue weighted by Crippen LogP contribution is 3.12. The molecule has 0 aromatic heterocycles. The van der Waals surface area contributed by atoms with Gasteiger partial charge in [-0.3, -0.25) is 0 Å². The minimum Gasteiger partial charge on any atom is -0.113 e. The zero-order chi connectivity index (χ0) is 10.5. The molecule has 2 aliphatic heterocycles. The van der Waals surface area contributed by atoms with Crippen LogP contribution in [0.2, 0.25) is 0 Å². The van der Waals surface area contributed by atoms with Gasteiger partial charge in [0.2, 0.25) is 0 Å². The summed E-state index contributed by atoms with van der Waals surface area (Å²) in [6, 6.07) is 0. The smallest absolute Gasteiger partial charge is 0.0694 e. The summed E-state index contributed by atoms with van der Waals surface area (Å²) in [6.07, 6.45) is 0. The van der Waals surface area contributed by atoms with Crippen LogP contribution in [-0.2, 0) is 0 Å². The fourth-order valence-electron chi connectivity index (χ4n) is 0.941. The van der Waals surface area contributed by atoms with Crippen molar-refractivity contribution in [1.82, 2.24) is 0 Å². The maximum Gasteiger partial charge on any atom is 0.0694 e. The molecule has 2 rings (SSSR count). The van der Waals surface area contributed by atoms with Crippen molar-refractivity contribution in [1.29, 1.82) is 0 Å². The van der Waals surface area contributed by atoms with Crippen molar-refractivity contribution in [2.45, 2.75) is 0 Å². The molecule has 0 unspecified atom stereocenters. The summed E-state index contributed by atoms with van der Waals surface area (Å²) in [5.74, 6) is 0. The second-order valence-corrected chi connectivity index (χ2v) is 26.1. The summed E-state index contributed by atoms with van der Waals surface area (Å²) >= 11 is 23.4.